The van der Waals surface area contributed by atoms with Crippen molar-refractivity contribution in [2.24, 2.45) is 0 Å². The molecule has 0 unspecified atom stereocenters. The van der Waals surface area contributed by atoms with Gasteiger partial charge in [-0.3, -0.25) is 0 Å². The van der Waals surface area contributed by atoms with Gasteiger partial charge in [-0.2, -0.15) is 0 Å². The summed E-state index contributed by atoms with van der Waals surface area (Å²) in [6.45, 7) is 0. The van der Waals surface area contributed by atoms with Crippen LogP contribution >= 0.6 is 0 Å². The molecule has 0 atom stereocenters. The molecule has 0 amide bonds. The van der Waals surface area contributed by atoms with E-state index in [1.807, 2.05) is 0 Å². The molecule has 15 rings (SSSR count). The highest BCUT2D eigenvalue weighted by molar-refractivity contribution is 6.26. The Morgan fingerprint density at radius 2 is 0.581 bits per heavy atom. The maximum Gasteiger partial charge on any atom is 0.0726 e. The number of nitrogens with zero attached hydrogens (tertiary/aromatic N) is 1. The number of rotatable bonds is 7. The highest BCUT2D eigenvalue weighted by atomic mass is 15.1. The van der Waals surface area contributed by atoms with Crippen molar-refractivity contribution in [1.29, 1.82) is 0 Å². The maximum absolute atomic E-state index is 2.57. The van der Waals surface area contributed by atoms with Gasteiger partial charge in [0.05, 0.1) is 11.1 Å². The van der Waals surface area contributed by atoms with Crippen LogP contribution in [0.5, 0.6) is 0 Å². The molecule has 0 N–H and O–H groups in total. The van der Waals surface area contributed by atoms with Crippen LogP contribution in [0.2, 0.25) is 0 Å². The summed E-state index contributed by atoms with van der Waals surface area (Å²) < 4.78 is 0. The van der Waals surface area contributed by atoms with Crippen molar-refractivity contribution in [3.8, 4) is 66.8 Å². The van der Waals surface area contributed by atoms with Crippen molar-refractivity contribution < 1.29 is 0 Å². The van der Waals surface area contributed by atoms with E-state index in [-0.39, 0.29) is 0 Å². The molecule has 0 saturated carbocycles. The second kappa shape index (κ2) is 16.8. The Morgan fingerprint density at radius 1 is 0.203 bits per heavy atom. The van der Waals surface area contributed by atoms with Crippen LogP contribution in [0.25, 0.3) is 99.1 Å². The molecule has 344 valence electrons. The van der Waals surface area contributed by atoms with Crippen LogP contribution in [-0.2, 0) is 5.41 Å². The summed E-state index contributed by atoms with van der Waals surface area (Å²) in [6.07, 6.45) is 0. The largest absolute Gasteiger partial charge is 0.310 e. The zero-order chi connectivity index (χ0) is 48.7. The molecule has 1 heteroatoms. The Kier molecular flexibility index (Phi) is 9.55. The fourth-order valence-electron chi connectivity index (χ4n) is 12.9. The average Bonchev–Trinajstić information content (AvgIpc) is 4.07. The fraction of sp³-hybridized carbons (Fsp3) is 0.0137. The van der Waals surface area contributed by atoms with Crippen LogP contribution in [0.15, 0.2) is 285 Å². The van der Waals surface area contributed by atoms with Crippen molar-refractivity contribution in [2.45, 2.75) is 5.41 Å². The zero-order valence-electron chi connectivity index (χ0n) is 40.6. The van der Waals surface area contributed by atoms with Crippen LogP contribution in [0, 0.1) is 0 Å². The summed E-state index contributed by atoms with van der Waals surface area (Å²) in [4.78, 5) is 2.55. The van der Waals surface area contributed by atoms with Gasteiger partial charge in [0, 0.05) is 16.9 Å². The Hall–Kier alpha value is -9.56. The Bertz CT molecular complexity index is 4260. The van der Waals surface area contributed by atoms with E-state index in [4.69, 9.17) is 0 Å². The van der Waals surface area contributed by atoms with Crippen LogP contribution in [0.1, 0.15) is 22.3 Å². The monoisotopic (exact) mass is 937 g/mol. The Labute approximate surface area is 431 Å². The van der Waals surface area contributed by atoms with Crippen LogP contribution in [0.3, 0.4) is 0 Å². The predicted octanol–water partition coefficient (Wildman–Crippen LogP) is 19.6. The lowest BCUT2D eigenvalue weighted by atomic mass is 9.70. The highest BCUT2D eigenvalue weighted by Crippen LogP contribution is 2.64. The second-order valence-corrected chi connectivity index (χ2v) is 19.9. The first-order chi connectivity index (χ1) is 36.7. The van der Waals surface area contributed by atoms with E-state index in [0.29, 0.717) is 0 Å². The van der Waals surface area contributed by atoms with E-state index >= 15 is 0 Å². The molecule has 0 aliphatic heterocycles. The molecule has 0 heterocycles. The quantitative estimate of drug-likeness (QED) is 0.144. The van der Waals surface area contributed by atoms with Gasteiger partial charge in [-0.15, -0.1) is 0 Å². The highest BCUT2D eigenvalue weighted by Gasteiger charge is 2.52. The third kappa shape index (κ3) is 6.30. The second-order valence-electron chi connectivity index (χ2n) is 19.9. The molecule has 0 fully saturated rings. The molecule has 1 spiro atoms. The molecule has 74 heavy (non-hydrogen) atoms. The SMILES string of the molecule is c1ccc(-c2ccc(-c3ccc(N(c4ccc5c6ccccc6c6ccccc6c5c4)c4cc5c(cc4-c4ccccc4-c4ccccc4)-c4ccccc4C54c5ccccc5-c5ccccc54)cc3)cc2)cc1. The summed E-state index contributed by atoms with van der Waals surface area (Å²) in [5.74, 6) is 0. The third-order valence-corrected chi connectivity index (χ3v) is 16.1. The smallest absolute Gasteiger partial charge is 0.0726 e. The molecule has 0 bridgehead atoms. The van der Waals surface area contributed by atoms with Gasteiger partial charge in [-0.05, 0) is 152 Å². The molecule has 0 aromatic heterocycles. The fourth-order valence-corrected chi connectivity index (χ4v) is 12.9. The molecule has 0 saturated heterocycles. The van der Waals surface area contributed by atoms with Crippen LogP contribution < -0.4 is 4.90 Å². The van der Waals surface area contributed by atoms with E-state index in [1.165, 1.54) is 121 Å². The van der Waals surface area contributed by atoms with Crippen molar-refractivity contribution in [1.82, 2.24) is 0 Å². The van der Waals surface area contributed by atoms with E-state index in [0.717, 1.165) is 17.1 Å². The van der Waals surface area contributed by atoms with Gasteiger partial charge in [0.2, 0.25) is 0 Å². The van der Waals surface area contributed by atoms with Gasteiger partial charge in [0.1, 0.15) is 0 Å². The van der Waals surface area contributed by atoms with Gasteiger partial charge >= 0.3 is 0 Å². The predicted molar refractivity (Wildman–Crippen MR) is 312 cm³/mol. The third-order valence-electron chi connectivity index (χ3n) is 16.1. The van der Waals surface area contributed by atoms with E-state index < -0.39 is 5.41 Å². The van der Waals surface area contributed by atoms with Crippen molar-refractivity contribution in [2.75, 3.05) is 4.90 Å². The summed E-state index contributed by atoms with van der Waals surface area (Å²) in [7, 11) is 0. The summed E-state index contributed by atoms with van der Waals surface area (Å²) in [5, 5.41) is 7.51. The number of hydrogen-bond donors (Lipinski definition) is 0. The molecular weight excluding hydrogens is 891 g/mol. The first kappa shape index (κ1) is 42.2. The number of benzene rings is 13. The van der Waals surface area contributed by atoms with Gasteiger partial charge in [-0.25, -0.2) is 0 Å². The topological polar surface area (TPSA) is 3.24 Å². The molecule has 13 aromatic rings. The normalized spacial score (nSPS) is 12.7. The van der Waals surface area contributed by atoms with E-state index in [9.17, 15) is 0 Å². The molecule has 2 aliphatic rings. The minimum absolute atomic E-state index is 0.536. The maximum atomic E-state index is 2.57. The summed E-state index contributed by atoms with van der Waals surface area (Å²) in [6, 6.07) is 106. The van der Waals surface area contributed by atoms with Crippen LogP contribution in [0.4, 0.5) is 17.1 Å². The van der Waals surface area contributed by atoms with Gasteiger partial charge < -0.3 is 4.90 Å². The lowest BCUT2D eigenvalue weighted by molar-refractivity contribution is 0.794. The number of hydrogen-bond acceptors (Lipinski definition) is 1. The Balaban J connectivity index is 1.03. The molecule has 2 aliphatic carbocycles. The molecular formula is C73H47N. The molecule has 0 radical (unpaired) electrons. The zero-order valence-corrected chi connectivity index (χ0v) is 40.6. The van der Waals surface area contributed by atoms with Crippen molar-refractivity contribution >= 4 is 49.4 Å². The lowest BCUT2D eigenvalue weighted by Crippen LogP contribution is -2.26. The lowest BCUT2D eigenvalue weighted by Gasteiger charge is -2.33. The number of anilines is 3. The standard InChI is InChI=1S/C73H47N/c1-3-19-48(20-4-1)49-35-37-50(38-36-49)51-39-41-53(42-40-51)74(54-43-44-61-59-27-10-9-25-57(59)58-26-11-12-28-60(58)65(61)45-54)72-47-71-66(46-67(72)56-24-8-7-23-55(56)52-21-5-2-6-22-52)64-31-15-18-34-70(64)73(71)68-32-16-13-29-62(68)63-30-14-17-33-69(63)73/h1-47H. The summed E-state index contributed by atoms with van der Waals surface area (Å²) in [5.41, 5.74) is 22.6. The molecule has 13 aromatic carbocycles. The minimum Gasteiger partial charge on any atom is -0.310 e. The average molecular weight is 938 g/mol. The van der Waals surface area contributed by atoms with Gasteiger partial charge in [0.15, 0.2) is 0 Å². The van der Waals surface area contributed by atoms with Gasteiger partial charge in [0.25, 0.3) is 0 Å². The van der Waals surface area contributed by atoms with E-state index in [2.05, 4.69) is 290 Å². The number of fused-ring (bicyclic) bond motifs is 16. The first-order valence-corrected chi connectivity index (χ1v) is 25.7. The van der Waals surface area contributed by atoms with Crippen LogP contribution in [-0.4, -0.2) is 0 Å². The molecule has 1 nitrogen and oxygen atoms in total. The first-order valence-electron chi connectivity index (χ1n) is 25.7. The minimum atomic E-state index is -0.536. The van der Waals surface area contributed by atoms with Gasteiger partial charge in [-0.1, -0.05) is 249 Å². The Morgan fingerprint density at radius 3 is 1.12 bits per heavy atom. The van der Waals surface area contributed by atoms with Crippen molar-refractivity contribution in [3.63, 3.8) is 0 Å². The summed E-state index contributed by atoms with van der Waals surface area (Å²) >= 11 is 0. The van der Waals surface area contributed by atoms with E-state index in [1.54, 1.807) is 0 Å². The van der Waals surface area contributed by atoms with Crippen molar-refractivity contribution in [3.05, 3.63) is 307 Å².